The van der Waals surface area contributed by atoms with Crippen molar-refractivity contribution in [2.45, 2.75) is 65.0 Å². The molecule has 0 amide bonds. The maximum Gasteiger partial charge on any atom is 2.00 e. The van der Waals surface area contributed by atoms with Crippen molar-refractivity contribution in [1.82, 2.24) is 19.9 Å². The van der Waals surface area contributed by atoms with Crippen molar-refractivity contribution in [3.05, 3.63) is 83.1 Å². The Morgan fingerprint density at radius 3 is 1.84 bits per heavy atom. The van der Waals surface area contributed by atoms with Crippen LogP contribution in [0.25, 0.3) is 44.4 Å². The Morgan fingerprint density at radius 2 is 1.25 bits per heavy atom. The molecule has 0 spiro atoms. The standard InChI is InChI=1S/C34H36N4O4S.Fe/c1-7-21-16(2)24-12-25-17(3)22(8-10-32(39)40)29(36-25)15-30-23(9-11-33(41)42)18(4)26(37-30)14-31-34(20(6)43)19(5)27(38-31)13-28(21)35-24;/h12-15,20H,1,6-11H2,2-5H3,(H5,35,36,37,38,39,40,41,42,43);/q-2;+2/p-2/t20-;/m1./s1. The number of carbonyl (C=O) groups is 2. The molecule has 0 aliphatic carbocycles. The SMILES string of the molecule is [CH2-]CC1=C(C)c2cc3[n-]c(cc4nc(cc5[n-]c(cc1n2)c(C)c5[C@@H]([CH2-])S)C(C)=C4CCC(=O)O)c(CCC(=O)O)c3C.[Fe+2]. The first-order valence-corrected chi connectivity index (χ1v) is 14.7. The Labute approximate surface area is 273 Å². The van der Waals surface area contributed by atoms with Crippen LogP contribution in [0.3, 0.4) is 0 Å². The van der Waals surface area contributed by atoms with Gasteiger partial charge in [-0.1, -0.05) is 46.5 Å². The zero-order valence-electron chi connectivity index (χ0n) is 25.1. The van der Waals surface area contributed by atoms with E-state index in [2.05, 4.69) is 26.5 Å². The van der Waals surface area contributed by atoms with Gasteiger partial charge in [0.25, 0.3) is 0 Å². The van der Waals surface area contributed by atoms with Gasteiger partial charge in [-0.05, 0) is 62.8 Å². The van der Waals surface area contributed by atoms with Gasteiger partial charge in [0.1, 0.15) is 0 Å². The summed E-state index contributed by atoms with van der Waals surface area (Å²) in [4.78, 5) is 42.9. The number of carboxylic acid groups (broad SMARTS) is 2. The fourth-order valence-electron chi connectivity index (χ4n) is 5.87. The van der Waals surface area contributed by atoms with Crippen LogP contribution in [0.1, 0.15) is 89.8 Å². The molecule has 3 aromatic heterocycles. The van der Waals surface area contributed by atoms with Crippen LogP contribution in [0.2, 0.25) is 0 Å². The van der Waals surface area contributed by atoms with E-state index in [1.165, 1.54) is 0 Å². The predicted octanol–water partition coefficient (Wildman–Crippen LogP) is 6.96. The molecule has 5 rings (SSSR count). The van der Waals surface area contributed by atoms with E-state index in [9.17, 15) is 19.8 Å². The molecule has 3 aromatic rings. The molecule has 5 heterocycles. The number of aliphatic carboxylic acids is 2. The predicted molar refractivity (Wildman–Crippen MR) is 173 cm³/mol. The summed E-state index contributed by atoms with van der Waals surface area (Å²) < 4.78 is 0. The van der Waals surface area contributed by atoms with Gasteiger partial charge in [-0.15, -0.1) is 27.3 Å². The largest absolute Gasteiger partial charge is 2.00 e. The number of fused-ring (bicyclic) bond motifs is 8. The first-order valence-electron chi connectivity index (χ1n) is 14.2. The van der Waals surface area contributed by atoms with Crippen LogP contribution in [-0.2, 0) is 33.1 Å². The minimum absolute atomic E-state index is 0. The normalized spacial score (nSPS) is 13.7. The van der Waals surface area contributed by atoms with Gasteiger partial charge >= 0.3 is 29.0 Å². The number of carboxylic acids is 2. The van der Waals surface area contributed by atoms with E-state index in [1.807, 2.05) is 52.0 Å². The number of nitrogens with zero attached hydrogens (tertiary/aromatic N) is 4. The first kappa shape index (κ1) is 33.3. The van der Waals surface area contributed by atoms with Gasteiger partial charge < -0.3 is 34.0 Å². The second kappa shape index (κ2) is 13.2. The molecule has 10 heteroatoms. The van der Waals surface area contributed by atoms with Crippen LogP contribution >= 0.6 is 12.6 Å². The second-order valence-electron chi connectivity index (χ2n) is 11.0. The summed E-state index contributed by atoms with van der Waals surface area (Å²) in [6, 6.07) is 7.66. The van der Waals surface area contributed by atoms with Gasteiger partial charge in [0, 0.05) is 12.8 Å². The molecule has 8 nitrogen and oxygen atoms in total. The van der Waals surface area contributed by atoms with Crippen LogP contribution in [0, 0.1) is 27.7 Å². The molecule has 2 aliphatic rings. The molecule has 0 fully saturated rings. The summed E-state index contributed by atoms with van der Waals surface area (Å²) in [5.41, 5.74) is 12.8. The second-order valence-corrected chi connectivity index (χ2v) is 11.6. The smallest absolute Gasteiger partial charge is 0.657 e. The van der Waals surface area contributed by atoms with E-state index < -0.39 is 11.9 Å². The third kappa shape index (κ3) is 6.29. The minimum atomic E-state index is -0.902. The number of hydrogen-bond donors (Lipinski definition) is 3. The molecular formula is C34H34FeN4O4S-2. The Bertz CT molecular complexity index is 1900. The maximum atomic E-state index is 11.5. The average Bonchev–Trinajstić information content (AvgIpc) is 3.59. The average molecular weight is 651 g/mol. The monoisotopic (exact) mass is 650 g/mol. The quantitative estimate of drug-likeness (QED) is 0.136. The fourth-order valence-corrected chi connectivity index (χ4v) is 6.19. The van der Waals surface area contributed by atoms with Crippen LogP contribution in [0.4, 0.5) is 0 Å². The topological polar surface area (TPSA) is 129 Å². The van der Waals surface area contributed by atoms with Crippen LogP contribution in [0.15, 0.2) is 24.3 Å². The molecule has 230 valence electrons. The minimum Gasteiger partial charge on any atom is -0.657 e. The molecule has 0 unspecified atom stereocenters. The molecule has 0 saturated carbocycles. The summed E-state index contributed by atoms with van der Waals surface area (Å²) in [5, 5.41) is 18.6. The van der Waals surface area contributed by atoms with E-state index >= 15 is 0 Å². The third-order valence-corrected chi connectivity index (χ3v) is 8.58. The number of rotatable bonds is 8. The van der Waals surface area contributed by atoms with Crippen molar-refractivity contribution < 1.29 is 36.9 Å². The van der Waals surface area contributed by atoms with E-state index in [1.54, 1.807) is 0 Å². The molecule has 0 radical (unpaired) electrons. The Hall–Kier alpha value is -3.59. The van der Waals surface area contributed by atoms with Gasteiger partial charge in [0.05, 0.1) is 22.8 Å². The fraction of sp³-hybridized carbons (Fsp3) is 0.294. The van der Waals surface area contributed by atoms with Crippen molar-refractivity contribution >= 4 is 68.9 Å². The zero-order chi connectivity index (χ0) is 31.2. The van der Waals surface area contributed by atoms with Gasteiger partial charge in [-0.3, -0.25) is 9.59 Å². The molecule has 2 N–H and O–H groups in total. The number of allylic oxidation sites excluding steroid dienone is 4. The van der Waals surface area contributed by atoms with Crippen molar-refractivity contribution in [3.8, 4) is 0 Å². The van der Waals surface area contributed by atoms with Crippen LogP contribution in [-0.4, -0.2) is 32.1 Å². The van der Waals surface area contributed by atoms with Crippen LogP contribution < -0.4 is 9.97 Å². The zero-order valence-corrected chi connectivity index (χ0v) is 27.1. The Balaban J connectivity index is 0.00000442. The van der Waals surface area contributed by atoms with Crippen molar-refractivity contribution in [3.63, 3.8) is 0 Å². The third-order valence-electron chi connectivity index (χ3n) is 8.32. The van der Waals surface area contributed by atoms with Gasteiger partial charge in [-0.2, -0.15) is 6.42 Å². The summed E-state index contributed by atoms with van der Waals surface area (Å²) >= 11 is 4.67. The van der Waals surface area contributed by atoms with E-state index in [4.69, 9.17) is 19.9 Å². The van der Waals surface area contributed by atoms with Crippen LogP contribution in [0.5, 0.6) is 0 Å². The van der Waals surface area contributed by atoms with Gasteiger partial charge in [0.2, 0.25) is 0 Å². The van der Waals surface area contributed by atoms with Crippen molar-refractivity contribution in [1.29, 1.82) is 0 Å². The molecule has 0 aromatic carbocycles. The number of aromatic nitrogens is 4. The molecule has 8 bridgehead atoms. The number of thiol groups is 1. The van der Waals surface area contributed by atoms with Gasteiger partial charge in [0.15, 0.2) is 0 Å². The number of hydrogen-bond acceptors (Lipinski definition) is 5. The molecule has 2 aliphatic heterocycles. The molecule has 1 atom stereocenters. The maximum absolute atomic E-state index is 11.5. The van der Waals surface area contributed by atoms with Crippen molar-refractivity contribution in [2.75, 3.05) is 0 Å². The van der Waals surface area contributed by atoms with Gasteiger partial charge in [-0.25, -0.2) is 22.6 Å². The summed E-state index contributed by atoms with van der Waals surface area (Å²) in [6.07, 6.45) is 1.02. The molecule has 0 saturated heterocycles. The van der Waals surface area contributed by atoms with E-state index in [0.29, 0.717) is 40.8 Å². The summed E-state index contributed by atoms with van der Waals surface area (Å²) in [6.45, 7) is 16.2. The van der Waals surface area contributed by atoms with E-state index in [-0.39, 0.29) is 41.6 Å². The van der Waals surface area contributed by atoms with E-state index in [0.717, 1.165) is 61.5 Å². The summed E-state index contributed by atoms with van der Waals surface area (Å²) in [7, 11) is 0. The Kier molecular flexibility index (Phi) is 9.98. The number of aryl methyl sites for hydroxylation is 3. The summed E-state index contributed by atoms with van der Waals surface area (Å²) in [5.74, 6) is -1.80. The first-order chi connectivity index (χ1) is 20.4. The van der Waals surface area contributed by atoms with Crippen molar-refractivity contribution in [2.24, 2.45) is 0 Å². The Morgan fingerprint density at radius 1 is 0.773 bits per heavy atom. The molecular weight excluding hydrogens is 616 g/mol. The molecule has 44 heavy (non-hydrogen) atoms.